The Kier molecular flexibility index (Phi) is 4.11. The van der Waals surface area contributed by atoms with Gasteiger partial charge in [0, 0.05) is 37.3 Å². The van der Waals surface area contributed by atoms with Gasteiger partial charge in [-0.1, -0.05) is 6.92 Å². The third-order valence-electron chi connectivity index (χ3n) is 4.76. The maximum atomic E-state index is 3.61. The molecule has 0 bridgehead atoms. The third-order valence-corrected chi connectivity index (χ3v) is 4.76. The van der Waals surface area contributed by atoms with E-state index < -0.39 is 0 Å². The highest BCUT2D eigenvalue weighted by molar-refractivity contribution is 4.94. The van der Waals surface area contributed by atoms with Crippen molar-refractivity contribution in [1.82, 2.24) is 15.1 Å². The van der Waals surface area contributed by atoms with E-state index in [2.05, 4.69) is 42.9 Å². The van der Waals surface area contributed by atoms with Crippen LogP contribution in [0.4, 0.5) is 0 Å². The van der Waals surface area contributed by atoms with E-state index in [1.807, 2.05) is 0 Å². The molecule has 0 aromatic carbocycles. The summed E-state index contributed by atoms with van der Waals surface area (Å²) in [6.45, 7) is 11.8. The Morgan fingerprint density at radius 1 is 1.24 bits per heavy atom. The SMILES string of the molecule is CCNC1CCC(N2CCN(C)C(C)(C)C2)C1. The van der Waals surface area contributed by atoms with Gasteiger partial charge in [-0.2, -0.15) is 0 Å². The van der Waals surface area contributed by atoms with Crippen LogP contribution in [0, 0.1) is 0 Å². The van der Waals surface area contributed by atoms with E-state index in [9.17, 15) is 0 Å². The molecule has 1 saturated carbocycles. The first-order valence-corrected chi connectivity index (χ1v) is 7.21. The lowest BCUT2D eigenvalue weighted by molar-refractivity contribution is 0.0177. The highest BCUT2D eigenvalue weighted by Gasteiger charge is 2.36. The van der Waals surface area contributed by atoms with E-state index >= 15 is 0 Å². The van der Waals surface area contributed by atoms with Crippen molar-refractivity contribution < 1.29 is 0 Å². The van der Waals surface area contributed by atoms with Crippen LogP contribution in [0.25, 0.3) is 0 Å². The summed E-state index contributed by atoms with van der Waals surface area (Å²) in [7, 11) is 2.26. The Labute approximate surface area is 107 Å². The minimum absolute atomic E-state index is 0.342. The highest BCUT2D eigenvalue weighted by atomic mass is 15.3. The fourth-order valence-electron chi connectivity index (χ4n) is 3.35. The van der Waals surface area contributed by atoms with E-state index in [1.165, 1.54) is 38.9 Å². The molecule has 1 aliphatic heterocycles. The van der Waals surface area contributed by atoms with Crippen LogP contribution in [0.3, 0.4) is 0 Å². The van der Waals surface area contributed by atoms with Gasteiger partial charge < -0.3 is 5.32 Å². The summed E-state index contributed by atoms with van der Waals surface area (Å²) >= 11 is 0. The van der Waals surface area contributed by atoms with Crippen molar-refractivity contribution in [1.29, 1.82) is 0 Å². The van der Waals surface area contributed by atoms with Crippen LogP contribution in [-0.2, 0) is 0 Å². The molecule has 17 heavy (non-hydrogen) atoms. The van der Waals surface area contributed by atoms with Crippen LogP contribution in [0.15, 0.2) is 0 Å². The van der Waals surface area contributed by atoms with Crippen LogP contribution >= 0.6 is 0 Å². The molecule has 1 N–H and O–H groups in total. The zero-order valence-electron chi connectivity index (χ0n) is 12.0. The molecule has 2 unspecified atom stereocenters. The molecule has 0 aromatic rings. The molecule has 2 rings (SSSR count). The fraction of sp³-hybridized carbons (Fsp3) is 1.00. The van der Waals surface area contributed by atoms with Gasteiger partial charge in [0.1, 0.15) is 0 Å². The van der Waals surface area contributed by atoms with Gasteiger partial charge in [-0.15, -0.1) is 0 Å². The number of nitrogens with one attached hydrogen (secondary N) is 1. The second-order valence-electron chi connectivity index (χ2n) is 6.43. The number of hydrogen-bond acceptors (Lipinski definition) is 3. The average molecular weight is 239 g/mol. The lowest BCUT2D eigenvalue weighted by atomic mass is 9.98. The summed E-state index contributed by atoms with van der Waals surface area (Å²) in [5.74, 6) is 0. The van der Waals surface area contributed by atoms with Crippen molar-refractivity contribution in [2.75, 3.05) is 33.2 Å². The monoisotopic (exact) mass is 239 g/mol. The molecule has 0 aromatic heterocycles. The first-order valence-electron chi connectivity index (χ1n) is 7.21. The lowest BCUT2D eigenvalue weighted by Crippen LogP contribution is -2.59. The molecular weight excluding hydrogens is 210 g/mol. The van der Waals surface area contributed by atoms with Gasteiger partial charge in [-0.25, -0.2) is 0 Å². The first kappa shape index (κ1) is 13.3. The molecule has 3 heteroatoms. The van der Waals surface area contributed by atoms with Gasteiger partial charge in [0.05, 0.1) is 0 Å². The Morgan fingerprint density at radius 2 is 2.00 bits per heavy atom. The van der Waals surface area contributed by atoms with Crippen molar-refractivity contribution >= 4 is 0 Å². The summed E-state index contributed by atoms with van der Waals surface area (Å²) in [6, 6.07) is 1.60. The van der Waals surface area contributed by atoms with E-state index in [-0.39, 0.29) is 0 Å². The van der Waals surface area contributed by atoms with Gasteiger partial charge in [0.25, 0.3) is 0 Å². The molecular formula is C14H29N3. The normalized spacial score (nSPS) is 35.3. The molecule has 1 heterocycles. The molecule has 0 amide bonds. The van der Waals surface area contributed by atoms with Gasteiger partial charge in [-0.05, 0) is 46.7 Å². The Bertz CT molecular complexity index is 252. The van der Waals surface area contributed by atoms with Crippen molar-refractivity contribution in [3.63, 3.8) is 0 Å². The fourth-order valence-corrected chi connectivity index (χ4v) is 3.35. The van der Waals surface area contributed by atoms with Crippen molar-refractivity contribution in [3.8, 4) is 0 Å². The Morgan fingerprint density at radius 3 is 2.65 bits per heavy atom. The number of likely N-dealkylation sites (N-methyl/N-ethyl adjacent to an activating group) is 1. The summed E-state index contributed by atoms with van der Waals surface area (Å²) in [5, 5.41) is 3.61. The van der Waals surface area contributed by atoms with Crippen molar-refractivity contribution in [2.24, 2.45) is 0 Å². The van der Waals surface area contributed by atoms with Crippen LogP contribution in [0.5, 0.6) is 0 Å². The minimum atomic E-state index is 0.342. The maximum Gasteiger partial charge on any atom is 0.0277 e. The standard InChI is InChI=1S/C14H29N3/c1-5-15-12-6-7-13(10-12)17-9-8-16(4)14(2,3)11-17/h12-13,15H,5-11H2,1-4H3. The number of nitrogens with zero attached hydrogens (tertiary/aromatic N) is 2. The zero-order chi connectivity index (χ0) is 12.5. The number of rotatable bonds is 3. The Balaban J connectivity index is 1.87. The molecule has 3 nitrogen and oxygen atoms in total. The minimum Gasteiger partial charge on any atom is -0.314 e. The summed E-state index contributed by atoms with van der Waals surface area (Å²) in [6.07, 6.45) is 4.11. The van der Waals surface area contributed by atoms with Gasteiger partial charge in [0.2, 0.25) is 0 Å². The molecule has 2 atom stereocenters. The van der Waals surface area contributed by atoms with Crippen LogP contribution in [-0.4, -0.2) is 60.6 Å². The molecule has 0 radical (unpaired) electrons. The zero-order valence-corrected chi connectivity index (χ0v) is 12.0. The number of piperazine rings is 1. The van der Waals surface area contributed by atoms with Crippen LogP contribution < -0.4 is 5.32 Å². The van der Waals surface area contributed by atoms with Crippen molar-refractivity contribution in [2.45, 2.75) is 57.7 Å². The van der Waals surface area contributed by atoms with Gasteiger partial charge in [0.15, 0.2) is 0 Å². The number of hydrogen-bond donors (Lipinski definition) is 1. The van der Waals surface area contributed by atoms with Crippen LogP contribution in [0.2, 0.25) is 0 Å². The van der Waals surface area contributed by atoms with Crippen molar-refractivity contribution in [3.05, 3.63) is 0 Å². The van der Waals surface area contributed by atoms with E-state index in [0.29, 0.717) is 5.54 Å². The van der Waals surface area contributed by atoms with Gasteiger partial charge >= 0.3 is 0 Å². The molecule has 1 saturated heterocycles. The molecule has 1 aliphatic carbocycles. The van der Waals surface area contributed by atoms with Gasteiger partial charge in [-0.3, -0.25) is 9.80 Å². The topological polar surface area (TPSA) is 18.5 Å². The lowest BCUT2D eigenvalue weighted by Gasteiger charge is -2.47. The molecule has 2 aliphatic rings. The predicted octanol–water partition coefficient (Wildman–Crippen LogP) is 1.54. The maximum absolute atomic E-state index is 3.61. The summed E-state index contributed by atoms with van der Waals surface area (Å²) in [4.78, 5) is 5.23. The first-order chi connectivity index (χ1) is 8.03. The predicted molar refractivity (Wildman–Crippen MR) is 73.4 cm³/mol. The average Bonchev–Trinajstić information content (AvgIpc) is 2.71. The van der Waals surface area contributed by atoms with E-state index in [4.69, 9.17) is 0 Å². The second-order valence-corrected chi connectivity index (χ2v) is 6.43. The second kappa shape index (κ2) is 5.25. The van der Waals surface area contributed by atoms with E-state index in [0.717, 1.165) is 18.6 Å². The van der Waals surface area contributed by atoms with E-state index in [1.54, 1.807) is 0 Å². The third kappa shape index (κ3) is 3.01. The molecule has 100 valence electrons. The smallest absolute Gasteiger partial charge is 0.0277 e. The molecule has 2 fully saturated rings. The van der Waals surface area contributed by atoms with Crippen LogP contribution in [0.1, 0.15) is 40.0 Å². The largest absolute Gasteiger partial charge is 0.314 e. The summed E-state index contributed by atoms with van der Waals surface area (Å²) in [5.41, 5.74) is 0.342. The quantitative estimate of drug-likeness (QED) is 0.806. The highest BCUT2D eigenvalue weighted by Crippen LogP contribution is 2.28. The molecule has 0 spiro atoms. The Hall–Kier alpha value is -0.120. The summed E-state index contributed by atoms with van der Waals surface area (Å²) < 4.78 is 0.